The molecule has 154 valence electrons. The molecule has 2 aromatic heterocycles. The number of primary amides is 1. The van der Waals surface area contributed by atoms with E-state index in [1.165, 1.54) is 7.11 Å². The summed E-state index contributed by atoms with van der Waals surface area (Å²) in [5.74, 6) is -0.185. The summed E-state index contributed by atoms with van der Waals surface area (Å²) in [5, 5.41) is 20.0. The second-order valence-electron chi connectivity index (χ2n) is 7.27. The molecule has 1 aromatic carbocycles. The van der Waals surface area contributed by atoms with Crippen molar-refractivity contribution in [2.75, 3.05) is 33.9 Å². The van der Waals surface area contributed by atoms with Crippen LogP contribution in [0.3, 0.4) is 0 Å². The van der Waals surface area contributed by atoms with Crippen LogP contribution in [0.5, 0.6) is 5.75 Å². The summed E-state index contributed by atoms with van der Waals surface area (Å²) in [5.41, 5.74) is 7.40. The molecule has 8 nitrogen and oxygen atoms in total. The van der Waals surface area contributed by atoms with E-state index in [-0.39, 0.29) is 6.61 Å². The number of amides is 1. The quantitative estimate of drug-likeness (QED) is 0.526. The van der Waals surface area contributed by atoms with Crippen molar-refractivity contribution in [3.05, 3.63) is 53.9 Å². The van der Waals surface area contributed by atoms with Crippen molar-refractivity contribution < 1.29 is 19.7 Å². The van der Waals surface area contributed by atoms with Gasteiger partial charge in [0.15, 0.2) is 0 Å². The molecule has 1 atom stereocenters. The Kier molecular flexibility index (Phi) is 5.88. The van der Waals surface area contributed by atoms with Crippen molar-refractivity contribution in [1.82, 2.24) is 14.3 Å². The molecule has 0 bridgehead atoms. The molecule has 0 aliphatic carbocycles. The highest BCUT2D eigenvalue weighted by atomic mass is 16.5. The molecule has 3 aromatic rings. The summed E-state index contributed by atoms with van der Waals surface area (Å²) in [6.45, 7) is 2.58. The van der Waals surface area contributed by atoms with Crippen molar-refractivity contribution in [2.24, 2.45) is 5.73 Å². The number of hydrogen-bond donors (Lipinski definition) is 3. The average molecular weight is 398 g/mol. The topological polar surface area (TPSA) is 113 Å². The number of hydrogen-bond acceptors (Lipinski definition) is 6. The minimum atomic E-state index is -1.12. The van der Waals surface area contributed by atoms with E-state index in [9.17, 15) is 9.90 Å². The van der Waals surface area contributed by atoms with Gasteiger partial charge in [0.25, 0.3) is 5.91 Å². The lowest BCUT2D eigenvalue weighted by atomic mass is 9.96. The maximum Gasteiger partial charge on any atom is 0.253 e. The maximum absolute atomic E-state index is 12.0. The molecule has 0 aliphatic rings. The number of fused-ring (bicyclic) bond motifs is 1. The number of imidazole rings is 1. The number of ether oxygens (including phenoxy) is 1. The molecule has 1 amide bonds. The molecule has 0 spiro atoms. The molecule has 0 aliphatic heterocycles. The summed E-state index contributed by atoms with van der Waals surface area (Å²) >= 11 is 0. The number of aromatic nitrogens is 2. The first-order valence-corrected chi connectivity index (χ1v) is 9.25. The molecule has 0 saturated carbocycles. The monoisotopic (exact) mass is 398 g/mol. The lowest BCUT2D eigenvalue weighted by molar-refractivity contribution is 0.0197. The maximum atomic E-state index is 12.0. The van der Waals surface area contributed by atoms with Gasteiger partial charge in [0, 0.05) is 24.8 Å². The number of nitrogens with zero attached hydrogens (tertiary/aromatic N) is 3. The van der Waals surface area contributed by atoms with Gasteiger partial charge in [-0.2, -0.15) is 0 Å². The lowest BCUT2D eigenvalue weighted by Crippen LogP contribution is -2.38. The highest BCUT2D eigenvalue weighted by Crippen LogP contribution is 2.32. The first-order chi connectivity index (χ1) is 13.8. The number of carbonyl (C=O) groups is 1. The van der Waals surface area contributed by atoms with Crippen molar-refractivity contribution in [1.29, 1.82) is 0 Å². The predicted molar refractivity (Wildman–Crippen MR) is 110 cm³/mol. The summed E-state index contributed by atoms with van der Waals surface area (Å²) < 4.78 is 7.12. The van der Waals surface area contributed by atoms with Crippen LogP contribution in [-0.2, 0) is 5.60 Å². The second kappa shape index (κ2) is 8.20. The molecule has 0 radical (unpaired) electrons. The number of benzene rings is 1. The van der Waals surface area contributed by atoms with Crippen molar-refractivity contribution >= 4 is 11.6 Å². The fraction of sp³-hybridized carbons (Fsp3) is 0.333. The van der Waals surface area contributed by atoms with Crippen LogP contribution in [0.15, 0.2) is 42.7 Å². The van der Waals surface area contributed by atoms with Crippen molar-refractivity contribution in [3.8, 4) is 17.0 Å². The van der Waals surface area contributed by atoms with Gasteiger partial charge in [-0.3, -0.25) is 9.20 Å². The van der Waals surface area contributed by atoms with Crippen LogP contribution in [0.4, 0.5) is 0 Å². The molecule has 4 N–H and O–H groups in total. The molecule has 2 heterocycles. The Morgan fingerprint density at radius 3 is 2.79 bits per heavy atom. The zero-order chi connectivity index (χ0) is 21.2. The molecular weight excluding hydrogens is 372 g/mol. The van der Waals surface area contributed by atoms with E-state index in [4.69, 9.17) is 15.6 Å². The number of aliphatic hydroxyl groups is 2. The van der Waals surface area contributed by atoms with Gasteiger partial charge in [-0.05, 0) is 37.7 Å². The summed E-state index contributed by atoms with van der Waals surface area (Å²) in [7, 11) is 3.33. The van der Waals surface area contributed by atoms with Crippen LogP contribution in [0.1, 0.15) is 22.8 Å². The third-order valence-corrected chi connectivity index (χ3v) is 4.96. The van der Waals surface area contributed by atoms with E-state index in [0.717, 1.165) is 0 Å². The minimum absolute atomic E-state index is 0.0258. The summed E-state index contributed by atoms with van der Waals surface area (Å²) in [6, 6.07) is 8.89. The first-order valence-electron chi connectivity index (χ1n) is 9.25. The van der Waals surface area contributed by atoms with Gasteiger partial charge < -0.3 is 25.6 Å². The van der Waals surface area contributed by atoms with Crippen LogP contribution in [0.25, 0.3) is 16.9 Å². The molecule has 29 heavy (non-hydrogen) atoms. The fourth-order valence-corrected chi connectivity index (χ4v) is 3.55. The van der Waals surface area contributed by atoms with E-state index in [1.54, 1.807) is 43.6 Å². The van der Waals surface area contributed by atoms with Gasteiger partial charge >= 0.3 is 0 Å². The Bertz CT molecular complexity index is 1030. The van der Waals surface area contributed by atoms with Gasteiger partial charge in [0.05, 0.1) is 36.8 Å². The molecule has 0 fully saturated rings. The fourth-order valence-electron chi connectivity index (χ4n) is 3.55. The third kappa shape index (κ3) is 4.09. The first kappa shape index (κ1) is 20.8. The van der Waals surface area contributed by atoms with E-state index >= 15 is 0 Å². The second-order valence-corrected chi connectivity index (χ2v) is 7.27. The van der Waals surface area contributed by atoms with Crippen LogP contribution in [0, 0.1) is 0 Å². The Labute approximate surface area is 169 Å². The van der Waals surface area contributed by atoms with E-state index in [0.29, 0.717) is 46.9 Å². The SMILES string of the molecule is COc1cccc(-c2cnc3cc(C(C)(O)CN(C)CCO)ccn23)c1C(N)=O. The Morgan fingerprint density at radius 1 is 1.38 bits per heavy atom. The van der Waals surface area contributed by atoms with E-state index in [1.807, 2.05) is 22.4 Å². The average Bonchev–Trinajstić information content (AvgIpc) is 3.10. The largest absolute Gasteiger partial charge is 0.496 e. The smallest absolute Gasteiger partial charge is 0.253 e. The Balaban J connectivity index is 2.04. The molecule has 8 heteroatoms. The van der Waals surface area contributed by atoms with Crippen LogP contribution < -0.4 is 10.5 Å². The van der Waals surface area contributed by atoms with Crippen molar-refractivity contribution in [3.63, 3.8) is 0 Å². The van der Waals surface area contributed by atoms with Crippen LogP contribution in [-0.4, -0.2) is 64.3 Å². The number of aliphatic hydroxyl groups excluding tert-OH is 1. The Morgan fingerprint density at radius 2 is 2.14 bits per heavy atom. The number of likely N-dealkylation sites (N-methyl/N-ethyl adjacent to an activating group) is 1. The number of rotatable bonds is 8. The lowest BCUT2D eigenvalue weighted by Gasteiger charge is -2.29. The molecule has 0 saturated heterocycles. The zero-order valence-corrected chi connectivity index (χ0v) is 16.8. The minimum Gasteiger partial charge on any atom is -0.496 e. The Hall–Kier alpha value is -2.94. The number of carbonyl (C=O) groups excluding carboxylic acids is 1. The summed E-state index contributed by atoms with van der Waals surface area (Å²) in [6.07, 6.45) is 3.46. The van der Waals surface area contributed by atoms with Gasteiger partial charge in [0.2, 0.25) is 0 Å². The van der Waals surface area contributed by atoms with Crippen molar-refractivity contribution in [2.45, 2.75) is 12.5 Å². The number of nitrogens with two attached hydrogens (primary N) is 1. The van der Waals surface area contributed by atoms with Crippen LogP contribution in [0.2, 0.25) is 0 Å². The van der Waals surface area contributed by atoms with Crippen LogP contribution >= 0.6 is 0 Å². The normalized spacial score (nSPS) is 13.6. The predicted octanol–water partition coefficient (Wildman–Crippen LogP) is 1.24. The van der Waals surface area contributed by atoms with Gasteiger partial charge in [-0.1, -0.05) is 12.1 Å². The molecule has 3 rings (SSSR count). The van der Waals surface area contributed by atoms with E-state index in [2.05, 4.69) is 4.98 Å². The van der Waals surface area contributed by atoms with Gasteiger partial charge in [-0.25, -0.2) is 4.98 Å². The van der Waals surface area contributed by atoms with Gasteiger partial charge in [-0.15, -0.1) is 0 Å². The van der Waals surface area contributed by atoms with E-state index < -0.39 is 11.5 Å². The highest BCUT2D eigenvalue weighted by Gasteiger charge is 2.26. The van der Waals surface area contributed by atoms with Gasteiger partial charge in [0.1, 0.15) is 11.4 Å². The highest BCUT2D eigenvalue weighted by molar-refractivity contribution is 6.02. The summed E-state index contributed by atoms with van der Waals surface area (Å²) in [4.78, 5) is 18.3. The third-order valence-electron chi connectivity index (χ3n) is 4.96. The number of pyridine rings is 1. The molecular formula is C21H26N4O4. The zero-order valence-electron chi connectivity index (χ0n) is 16.8. The molecule has 1 unspecified atom stereocenters. The number of methoxy groups -OCH3 is 1. The standard InChI is InChI=1S/C21H26N4O4/c1-21(28,13-24(2)9-10-26)14-7-8-25-16(12-23-18(25)11-14)15-5-4-6-17(29-3)19(15)20(22)27/h4-8,11-12,26,28H,9-10,13H2,1-3H3,(H2,22,27).